The summed E-state index contributed by atoms with van der Waals surface area (Å²) in [6, 6.07) is 12.8. The molecule has 4 saturated heterocycles. The van der Waals surface area contributed by atoms with Gasteiger partial charge in [0.25, 0.3) is 17.7 Å². The number of nitrogens with two attached hydrogens (primary N) is 1. The van der Waals surface area contributed by atoms with Gasteiger partial charge in [-0.2, -0.15) is 0 Å². The molecule has 0 spiro atoms. The number of hydrogen-bond acceptors (Lipinski definition) is 12. The molecule has 5 aliphatic heterocycles. The first-order valence-corrected chi connectivity index (χ1v) is 21.1. The van der Waals surface area contributed by atoms with Crippen LogP contribution in [0.15, 0.2) is 48.7 Å². The highest BCUT2D eigenvalue weighted by atomic mass is 16.2. The van der Waals surface area contributed by atoms with E-state index in [4.69, 9.17) is 10.7 Å². The number of primary amides is 1. The van der Waals surface area contributed by atoms with E-state index in [9.17, 15) is 28.8 Å². The standard InChI is InChI=1S/C43H51N11O6/c1-50-18-19-53(43(50)60)30-4-3-15-52(24-30)34-22-45-37(38(44)56)39(48-34)47-28-9-7-26(8-10-28)27-13-16-51(17-14-27)23-25-20-29(21-25)46-32-6-2-5-31-36(32)42(59)54(41(31)58)33-11-12-35(55)49-40(33)57/h2,5-10,22,25,27,29-30,33,46H,3-4,11-21,23-24H2,1H3,(H2,44,56)(H,47,48)(H,49,55,57)/t25-,29-,30-,33-/m1/s1. The van der Waals surface area contributed by atoms with Crippen LogP contribution in [-0.4, -0.2) is 136 Å². The van der Waals surface area contributed by atoms with Crippen molar-refractivity contribution in [3.05, 3.63) is 71.0 Å². The Balaban J connectivity index is 0.754. The summed E-state index contributed by atoms with van der Waals surface area (Å²) in [5, 5.41) is 9.05. The van der Waals surface area contributed by atoms with Crippen molar-refractivity contribution in [2.75, 3.05) is 68.4 Å². The summed E-state index contributed by atoms with van der Waals surface area (Å²) in [4.78, 5) is 94.5. The van der Waals surface area contributed by atoms with Crippen molar-refractivity contribution in [3.8, 4) is 0 Å². The Morgan fingerprint density at radius 1 is 0.917 bits per heavy atom. The fourth-order valence-corrected chi connectivity index (χ4v) is 9.87. The lowest BCUT2D eigenvalue weighted by Gasteiger charge is -2.41. The Labute approximate surface area is 348 Å². The first kappa shape index (κ1) is 39.4. The molecule has 3 aromatic rings. The molecule has 1 aromatic heterocycles. The van der Waals surface area contributed by atoms with Crippen LogP contribution in [0.5, 0.6) is 0 Å². The number of carbonyl (C=O) groups is 6. The largest absolute Gasteiger partial charge is 0.382 e. The van der Waals surface area contributed by atoms with Crippen LogP contribution < -0.4 is 26.6 Å². The number of amides is 7. The van der Waals surface area contributed by atoms with Crippen LogP contribution in [0, 0.1) is 5.92 Å². The van der Waals surface area contributed by atoms with Crippen LogP contribution >= 0.6 is 0 Å². The van der Waals surface area contributed by atoms with E-state index in [1.807, 2.05) is 30.1 Å². The van der Waals surface area contributed by atoms with Crippen LogP contribution in [0.4, 0.5) is 27.8 Å². The van der Waals surface area contributed by atoms with Gasteiger partial charge in [0, 0.05) is 63.6 Å². The van der Waals surface area contributed by atoms with Gasteiger partial charge in [-0.1, -0.05) is 18.2 Å². The Morgan fingerprint density at radius 2 is 1.70 bits per heavy atom. The molecule has 7 amide bonds. The van der Waals surface area contributed by atoms with E-state index in [-0.39, 0.29) is 42.2 Å². The van der Waals surface area contributed by atoms with Gasteiger partial charge in [-0.3, -0.25) is 34.2 Å². The molecule has 17 heteroatoms. The SMILES string of the molecule is CN1CCN([C@@H]2CCCN(c3cnc(C(N)=O)c(Nc4ccc(C5CCN(C[C@H]6C[C@H](Nc7cccc8c7C(=O)N([C@@H]7CCC(=O)NC7=O)C8=O)C6)CC5)cc4)n3)C2)C1=O. The molecule has 1 aliphatic carbocycles. The van der Waals surface area contributed by atoms with Gasteiger partial charge in [-0.15, -0.1) is 0 Å². The molecular formula is C43H51N11O6. The molecule has 5 fully saturated rings. The second-order valence-corrected chi connectivity index (χ2v) is 17.1. The van der Waals surface area contributed by atoms with E-state index < -0.39 is 35.6 Å². The third-order valence-corrected chi connectivity index (χ3v) is 13.2. The van der Waals surface area contributed by atoms with Crippen molar-refractivity contribution in [2.45, 2.75) is 75.4 Å². The van der Waals surface area contributed by atoms with Crippen LogP contribution in [-0.2, 0) is 9.59 Å². The van der Waals surface area contributed by atoms with Gasteiger partial charge in [0.1, 0.15) is 11.9 Å². The summed E-state index contributed by atoms with van der Waals surface area (Å²) >= 11 is 0. The molecule has 2 aromatic carbocycles. The Hall–Kier alpha value is -6.10. The number of hydrogen-bond donors (Lipinski definition) is 4. The van der Waals surface area contributed by atoms with Gasteiger partial charge in [0.2, 0.25) is 11.8 Å². The predicted octanol–water partition coefficient (Wildman–Crippen LogP) is 3.13. The number of piperidine rings is 3. The monoisotopic (exact) mass is 817 g/mol. The average Bonchev–Trinajstić information content (AvgIpc) is 3.70. The highest BCUT2D eigenvalue weighted by Crippen LogP contribution is 2.38. The smallest absolute Gasteiger partial charge is 0.320 e. The molecule has 6 heterocycles. The zero-order valence-corrected chi connectivity index (χ0v) is 33.8. The lowest BCUT2D eigenvalue weighted by molar-refractivity contribution is -0.136. The van der Waals surface area contributed by atoms with Crippen molar-refractivity contribution in [1.82, 2.24) is 34.9 Å². The number of aromatic nitrogens is 2. The third-order valence-electron chi connectivity index (χ3n) is 13.2. The van der Waals surface area contributed by atoms with Crippen molar-refractivity contribution < 1.29 is 28.8 Å². The van der Waals surface area contributed by atoms with Crippen LogP contribution in [0.1, 0.15) is 94.1 Å². The number of anilines is 4. The summed E-state index contributed by atoms with van der Waals surface area (Å²) in [7, 11) is 1.83. The molecular weight excluding hydrogens is 767 g/mol. The van der Waals surface area contributed by atoms with Crippen molar-refractivity contribution in [1.29, 1.82) is 0 Å². The highest BCUT2D eigenvalue weighted by molar-refractivity contribution is 6.25. The summed E-state index contributed by atoms with van der Waals surface area (Å²) in [5.41, 5.74) is 9.02. The van der Waals surface area contributed by atoms with Crippen LogP contribution in [0.3, 0.4) is 0 Å². The predicted molar refractivity (Wildman–Crippen MR) is 222 cm³/mol. The molecule has 17 nitrogen and oxygen atoms in total. The van der Waals surface area contributed by atoms with E-state index in [0.29, 0.717) is 47.8 Å². The van der Waals surface area contributed by atoms with E-state index in [2.05, 4.69) is 42.9 Å². The summed E-state index contributed by atoms with van der Waals surface area (Å²) in [6.45, 7) is 5.89. The zero-order chi connectivity index (χ0) is 41.7. The molecule has 6 aliphatic rings. The number of rotatable bonds is 11. The number of fused-ring (bicyclic) bond motifs is 1. The van der Waals surface area contributed by atoms with Gasteiger partial charge in [0.05, 0.1) is 23.4 Å². The number of imide groups is 2. The number of nitrogens with zero attached hydrogens (tertiary/aromatic N) is 7. The molecule has 1 saturated carbocycles. The lowest BCUT2D eigenvalue weighted by Crippen LogP contribution is -2.54. The van der Waals surface area contributed by atoms with Gasteiger partial charge >= 0.3 is 6.03 Å². The Bertz CT molecular complexity index is 2220. The van der Waals surface area contributed by atoms with Gasteiger partial charge in [0.15, 0.2) is 11.5 Å². The fourth-order valence-electron chi connectivity index (χ4n) is 9.87. The minimum Gasteiger partial charge on any atom is -0.382 e. The van der Waals surface area contributed by atoms with Gasteiger partial charge in [-0.25, -0.2) is 14.8 Å². The number of urea groups is 1. The molecule has 0 unspecified atom stereocenters. The Kier molecular flexibility index (Phi) is 10.6. The second kappa shape index (κ2) is 16.2. The molecule has 0 bridgehead atoms. The third kappa shape index (κ3) is 7.61. The normalized spacial score (nSPS) is 25.1. The number of likely N-dealkylation sites (tertiary alicyclic amines) is 1. The van der Waals surface area contributed by atoms with Crippen LogP contribution in [0.2, 0.25) is 0 Å². The number of carbonyl (C=O) groups excluding carboxylic acids is 6. The second-order valence-electron chi connectivity index (χ2n) is 17.1. The minimum absolute atomic E-state index is 0.0592. The van der Waals surface area contributed by atoms with Crippen molar-refractivity contribution in [2.24, 2.45) is 11.7 Å². The quantitative estimate of drug-likeness (QED) is 0.206. The maximum atomic E-state index is 13.5. The number of benzene rings is 2. The summed E-state index contributed by atoms with van der Waals surface area (Å²) in [5.74, 6) is -0.768. The van der Waals surface area contributed by atoms with Gasteiger partial charge in [-0.05, 0) is 99.7 Å². The number of likely N-dealkylation sites (N-methyl/N-ethyl adjacent to an activating group) is 1. The van der Waals surface area contributed by atoms with E-state index in [1.54, 1.807) is 23.2 Å². The van der Waals surface area contributed by atoms with E-state index in [0.717, 1.165) is 81.8 Å². The van der Waals surface area contributed by atoms with E-state index in [1.165, 1.54) is 5.56 Å². The summed E-state index contributed by atoms with van der Waals surface area (Å²) < 4.78 is 0. The van der Waals surface area contributed by atoms with E-state index >= 15 is 0 Å². The topological polar surface area (TPSA) is 207 Å². The van der Waals surface area contributed by atoms with Crippen LogP contribution in [0.25, 0.3) is 0 Å². The highest BCUT2D eigenvalue weighted by Gasteiger charge is 2.46. The molecule has 60 heavy (non-hydrogen) atoms. The average molecular weight is 818 g/mol. The molecule has 2 atom stereocenters. The first-order valence-electron chi connectivity index (χ1n) is 21.1. The number of nitrogens with one attached hydrogen (secondary N) is 3. The maximum Gasteiger partial charge on any atom is 0.320 e. The lowest BCUT2D eigenvalue weighted by atomic mass is 9.79. The van der Waals surface area contributed by atoms with Gasteiger partial charge < -0.3 is 36.0 Å². The molecule has 314 valence electrons. The fraction of sp³-hybridized carbons (Fsp3) is 0.488. The first-order chi connectivity index (χ1) is 29.0. The van der Waals surface area contributed by atoms with Crippen molar-refractivity contribution >= 4 is 58.6 Å². The van der Waals surface area contributed by atoms with Crippen molar-refractivity contribution in [3.63, 3.8) is 0 Å². The minimum atomic E-state index is -0.990. The molecule has 0 radical (unpaired) electrons. The maximum absolute atomic E-state index is 13.5. The Morgan fingerprint density at radius 3 is 2.42 bits per heavy atom. The molecule has 9 rings (SSSR count). The summed E-state index contributed by atoms with van der Waals surface area (Å²) in [6.07, 6.45) is 7.66. The zero-order valence-electron chi connectivity index (χ0n) is 33.8. The molecule has 5 N–H and O–H groups in total.